The summed E-state index contributed by atoms with van der Waals surface area (Å²) in [6.07, 6.45) is 4.41. The molecule has 23 heavy (non-hydrogen) atoms. The quantitative estimate of drug-likeness (QED) is 0.859. The average molecular weight is 311 g/mol. The second kappa shape index (κ2) is 8.09. The van der Waals surface area contributed by atoms with Crippen LogP contribution in [0.3, 0.4) is 0 Å². The van der Waals surface area contributed by atoms with Crippen LogP contribution < -0.4 is 10.2 Å². The van der Waals surface area contributed by atoms with Gasteiger partial charge >= 0.3 is 0 Å². The number of nitrogens with zero attached hydrogens (tertiary/aromatic N) is 2. The molecule has 3 rings (SSSR count). The summed E-state index contributed by atoms with van der Waals surface area (Å²) in [6.45, 7) is 2.69. The van der Waals surface area contributed by atoms with Crippen LogP contribution in [-0.4, -0.2) is 41.9 Å². The highest BCUT2D eigenvalue weighted by Gasteiger charge is 2.20. The molecular formula is C19H25N3O. The smallest absolute Gasteiger partial charge is 0.128 e. The number of aliphatic hydroxyl groups is 1. The molecule has 1 aromatic carbocycles. The Hall–Kier alpha value is -1.91. The van der Waals surface area contributed by atoms with Crippen molar-refractivity contribution >= 4 is 5.82 Å². The van der Waals surface area contributed by atoms with Gasteiger partial charge in [-0.1, -0.05) is 36.4 Å². The Morgan fingerprint density at radius 3 is 2.52 bits per heavy atom. The van der Waals surface area contributed by atoms with Crippen molar-refractivity contribution in [3.63, 3.8) is 0 Å². The van der Waals surface area contributed by atoms with Gasteiger partial charge in [0, 0.05) is 31.9 Å². The minimum absolute atomic E-state index is 0.328. The minimum atomic E-state index is -0.328. The Balaban J connectivity index is 1.39. The standard InChI is InChI=1S/C19H25N3O/c23-18(14-16-6-2-1-3-7-16)15-21-17-9-12-22(13-10-17)19-8-4-5-11-20-19/h1-8,11,17-18,21,23H,9-10,12-15H2. The van der Waals surface area contributed by atoms with Crippen molar-refractivity contribution in [1.29, 1.82) is 0 Å². The molecule has 1 atom stereocenters. The molecule has 2 heterocycles. The van der Waals surface area contributed by atoms with Gasteiger partial charge in [0.25, 0.3) is 0 Å². The van der Waals surface area contributed by atoms with E-state index in [1.807, 2.05) is 36.5 Å². The van der Waals surface area contributed by atoms with E-state index in [0.29, 0.717) is 19.0 Å². The summed E-state index contributed by atoms with van der Waals surface area (Å²) in [7, 11) is 0. The molecule has 0 bridgehead atoms. The number of hydrogen-bond acceptors (Lipinski definition) is 4. The summed E-state index contributed by atoms with van der Waals surface area (Å²) in [6, 6.07) is 16.7. The van der Waals surface area contributed by atoms with Gasteiger partial charge in [-0.2, -0.15) is 0 Å². The molecule has 1 unspecified atom stereocenters. The Kier molecular flexibility index (Phi) is 5.61. The number of piperidine rings is 1. The van der Waals surface area contributed by atoms with E-state index in [4.69, 9.17) is 0 Å². The largest absolute Gasteiger partial charge is 0.391 e. The summed E-state index contributed by atoms with van der Waals surface area (Å²) < 4.78 is 0. The van der Waals surface area contributed by atoms with Crippen molar-refractivity contribution in [2.75, 3.05) is 24.5 Å². The van der Waals surface area contributed by atoms with E-state index in [0.717, 1.165) is 31.7 Å². The highest BCUT2D eigenvalue weighted by atomic mass is 16.3. The minimum Gasteiger partial charge on any atom is -0.391 e. The van der Waals surface area contributed by atoms with E-state index in [9.17, 15) is 5.11 Å². The fourth-order valence-corrected chi connectivity index (χ4v) is 3.11. The van der Waals surface area contributed by atoms with Crippen LogP contribution in [0.2, 0.25) is 0 Å². The van der Waals surface area contributed by atoms with Gasteiger partial charge in [-0.15, -0.1) is 0 Å². The second-order valence-electron chi connectivity index (χ2n) is 6.20. The van der Waals surface area contributed by atoms with Gasteiger partial charge in [0.05, 0.1) is 6.10 Å². The maximum absolute atomic E-state index is 10.2. The van der Waals surface area contributed by atoms with E-state index >= 15 is 0 Å². The van der Waals surface area contributed by atoms with Gasteiger partial charge in [-0.25, -0.2) is 4.98 Å². The first-order valence-electron chi connectivity index (χ1n) is 8.42. The molecule has 1 aliphatic rings. The first-order chi connectivity index (χ1) is 11.3. The zero-order valence-electron chi connectivity index (χ0n) is 13.4. The van der Waals surface area contributed by atoms with Crippen LogP contribution in [0.1, 0.15) is 18.4 Å². The van der Waals surface area contributed by atoms with E-state index in [2.05, 4.69) is 33.4 Å². The summed E-state index contributed by atoms with van der Waals surface area (Å²) in [5.41, 5.74) is 1.19. The lowest BCUT2D eigenvalue weighted by molar-refractivity contribution is 0.164. The number of benzene rings is 1. The monoisotopic (exact) mass is 311 g/mol. The van der Waals surface area contributed by atoms with Crippen molar-refractivity contribution in [3.05, 3.63) is 60.3 Å². The molecule has 1 aliphatic heterocycles. The van der Waals surface area contributed by atoms with Crippen LogP contribution in [0, 0.1) is 0 Å². The Morgan fingerprint density at radius 1 is 1.09 bits per heavy atom. The number of aliphatic hydroxyl groups excluding tert-OH is 1. The third-order valence-electron chi connectivity index (χ3n) is 4.42. The van der Waals surface area contributed by atoms with Crippen LogP contribution in [0.25, 0.3) is 0 Å². The number of aromatic nitrogens is 1. The van der Waals surface area contributed by atoms with Crippen LogP contribution in [0.5, 0.6) is 0 Å². The Labute approximate surface area is 138 Å². The first-order valence-corrected chi connectivity index (χ1v) is 8.42. The second-order valence-corrected chi connectivity index (χ2v) is 6.20. The van der Waals surface area contributed by atoms with Crippen molar-refractivity contribution in [2.24, 2.45) is 0 Å². The zero-order valence-corrected chi connectivity index (χ0v) is 13.4. The van der Waals surface area contributed by atoms with Crippen molar-refractivity contribution in [2.45, 2.75) is 31.4 Å². The summed E-state index contributed by atoms with van der Waals surface area (Å²) in [4.78, 5) is 6.75. The fraction of sp³-hybridized carbons (Fsp3) is 0.421. The normalized spacial score (nSPS) is 17.2. The molecular weight excluding hydrogens is 286 g/mol. The van der Waals surface area contributed by atoms with Crippen LogP contribution in [0.4, 0.5) is 5.82 Å². The highest BCUT2D eigenvalue weighted by molar-refractivity contribution is 5.38. The maximum Gasteiger partial charge on any atom is 0.128 e. The lowest BCUT2D eigenvalue weighted by atomic mass is 10.0. The molecule has 4 heteroatoms. The lowest BCUT2D eigenvalue weighted by Crippen LogP contribution is -2.45. The number of rotatable bonds is 6. The molecule has 0 amide bonds. The molecule has 4 nitrogen and oxygen atoms in total. The SMILES string of the molecule is OC(CNC1CCN(c2ccccn2)CC1)Cc1ccccc1. The summed E-state index contributed by atoms with van der Waals surface area (Å²) in [5, 5.41) is 13.7. The maximum atomic E-state index is 10.2. The number of pyridine rings is 1. The highest BCUT2D eigenvalue weighted by Crippen LogP contribution is 2.17. The van der Waals surface area contributed by atoms with Gasteiger partial charge in [0.2, 0.25) is 0 Å². The van der Waals surface area contributed by atoms with E-state index < -0.39 is 0 Å². The molecule has 2 N–H and O–H groups in total. The molecule has 1 fully saturated rings. The van der Waals surface area contributed by atoms with Gasteiger partial charge in [-0.05, 0) is 37.0 Å². The number of hydrogen-bond donors (Lipinski definition) is 2. The van der Waals surface area contributed by atoms with E-state index in [-0.39, 0.29) is 6.10 Å². The molecule has 0 spiro atoms. The predicted molar refractivity (Wildman–Crippen MR) is 93.6 cm³/mol. The van der Waals surface area contributed by atoms with Crippen molar-refractivity contribution in [3.8, 4) is 0 Å². The molecule has 0 saturated carbocycles. The lowest BCUT2D eigenvalue weighted by Gasteiger charge is -2.33. The summed E-state index contributed by atoms with van der Waals surface area (Å²) >= 11 is 0. The molecule has 2 aromatic rings. The van der Waals surface area contributed by atoms with Crippen molar-refractivity contribution < 1.29 is 5.11 Å². The average Bonchev–Trinajstić information content (AvgIpc) is 2.62. The third-order valence-corrected chi connectivity index (χ3v) is 4.42. The van der Waals surface area contributed by atoms with Crippen LogP contribution in [-0.2, 0) is 6.42 Å². The topological polar surface area (TPSA) is 48.4 Å². The Bertz CT molecular complexity index is 568. The van der Waals surface area contributed by atoms with Gasteiger partial charge in [-0.3, -0.25) is 0 Å². The fourth-order valence-electron chi connectivity index (χ4n) is 3.11. The molecule has 1 saturated heterocycles. The van der Waals surface area contributed by atoms with E-state index in [1.165, 1.54) is 5.56 Å². The van der Waals surface area contributed by atoms with Gasteiger partial charge in [0.15, 0.2) is 0 Å². The van der Waals surface area contributed by atoms with Crippen LogP contribution in [0.15, 0.2) is 54.7 Å². The van der Waals surface area contributed by atoms with Gasteiger partial charge in [0.1, 0.15) is 5.82 Å². The molecule has 0 aliphatic carbocycles. The van der Waals surface area contributed by atoms with Crippen LogP contribution >= 0.6 is 0 Å². The number of anilines is 1. The Morgan fingerprint density at radius 2 is 1.83 bits per heavy atom. The zero-order chi connectivity index (χ0) is 15.9. The summed E-state index contributed by atoms with van der Waals surface area (Å²) in [5.74, 6) is 1.06. The number of nitrogens with one attached hydrogen (secondary N) is 1. The molecule has 1 aromatic heterocycles. The predicted octanol–water partition coefficient (Wildman–Crippen LogP) is 2.24. The molecule has 122 valence electrons. The third kappa shape index (κ3) is 4.78. The first kappa shape index (κ1) is 16.0. The molecule has 0 radical (unpaired) electrons. The van der Waals surface area contributed by atoms with Crippen molar-refractivity contribution in [1.82, 2.24) is 10.3 Å². The van der Waals surface area contributed by atoms with Gasteiger partial charge < -0.3 is 15.3 Å². The van der Waals surface area contributed by atoms with E-state index in [1.54, 1.807) is 0 Å².